The largest absolute Gasteiger partial charge is 0.494 e. The maximum absolute atomic E-state index is 14.3. The molecule has 3 aromatic carbocycles. The molecule has 2 atom stereocenters. The van der Waals surface area contributed by atoms with E-state index in [1.54, 1.807) is 18.2 Å². The summed E-state index contributed by atoms with van der Waals surface area (Å²) in [5.41, 5.74) is 7.74. The van der Waals surface area contributed by atoms with Crippen LogP contribution in [-0.2, 0) is 9.31 Å². The molecule has 1 fully saturated rings. The Morgan fingerprint density at radius 3 is 1.62 bits per heavy atom. The van der Waals surface area contributed by atoms with Crippen LogP contribution >= 0.6 is 0 Å². The zero-order valence-electron chi connectivity index (χ0n) is 22.4. The normalized spacial score (nSPS) is 17.7. The van der Waals surface area contributed by atoms with Gasteiger partial charge in [0.15, 0.2) is 0 Å². The Kier molecular flexibility index (Phi) is 7.31. The first kappa shape index (κ1) is 26.6. The molecular formula is C30H35BN2O4. The molecule has 1 aliphatic rings. The molecule has 2 amide bonds. The Labute approximate surface area is 219 Å². The molecule has 0 aromatic heterocycles. The van der Waals surface area contributed by atoms with Crippen molar-refractivity contribution in [3.63, 3.8) is 0 Å². The second kappa shape index (κ2) is 10.2. The van der Waals surface area contributed by atoms with Gasteiger partial charge in [-0.1, -0.05) is 60.7 Å². The molecule has 0 radical (unpaired) electrons. The lowest BCUT2D eigenvalue weighted by Gasteiger charge is -2.35. The summed E-state index contributed by atoms with van der Waals surface area (Å²) < 4.78 is 12.4. The van der Waals surface area contributed by atoms with Gasteiger partial charge in [0.05, 0.1) is 23.3 Å². The first-order valence-corrected chi connectivity index (χ1v) is 12.6. The minimum atomic E-state index is -0.734. The third-order valence-electron chi connectivity index (χ3n) is 7.65. The molecular weight excluding hydrogens is 463 g/mol. The molecule has 0 aliphatic carbocycles. The maximum atomic E-state index is 14.3. The minimum absolute atomic E-state index is 0.214. The predicted molar refractivity (Wildman–Crippen MR) is 147 cm³/mol. The molecule has 0 spiro atoms. The Morgan fingerprint density at radius 2 is 1.19 bits per heavy atom. The lowest BCUT2D eigenvalue weighted by atomic mass is 9.77. The van der Waals surface area contributed by atoms with Crippen LogP contribution in [0.25, 0.3) is 0 Å². The average molecular weight is 498 g/mol. The minimum Gasteiger partial charge on any atom is -0.399 e. The van der Waals surface area contributed by atoms with Gasteiger partial charge in [0.2, 0.25) is 5.91 Å². The Hall–Kier alpha value is -3.42. The first-order chi connectivity index (χ1) is 17.4. The van der Waals surface area contributed by atoms with Crippen molar-refractivity contribution in [3.05, 3.63) is 101 Å². The van der Waals surface area contributed by atoms with Crippen molar-refractivity contribution >= 4 is 24.4 Å². The van der Waals surface area contributed by atoms with Gasteiger partial charge in [0, 0.05) is 11.1 Å². The molecule has 6 nitrogen and oxygen atoms in total. The number of hydrogen-bond acceptors (Lipinski definition) is 4. The monoisotopic (exact) mass is 498 g/mol. The van der Waals surface area contributed by atoms with Gasteiger partial charge >= 0.3 is 7.12 Å². The van der Waals surface area contributed by atoms with Crippen molar-refractivity contribution in [2.75, 3.05) is 0 Å². The number of carbonyl (C=O) groups excluding carboxylic acids is 2. The lowest BCUT2D eigenvalue weighted by Crippen LogP contribution is -2.41. The Bertz CT molecular complexity index is 1220. The molecule has 1 heterocycles. The van der Waals surface area contributed by atoms with Gasteiger partial charge in [-0.25, -0.2) is 0 Å². The highest BCUT2D eigenvalue weighted by Crippen LogP contribution is 2.37. The molecule has 0 saturated carbocycles. The number of benzene rings is 3. The quantitative estimate of drug-likeness (QED) is 0.463. The van der Waals surface area contributed by atoms with Crippen LogP contribution in [0.15, 0.2) is 78.9 Å². The van der Waals surface area contributed by atoms with Crippen LogP contribution in [0, 0.1) is 0 Å². The van der Waals surface area contributed by atoms with Crippen molar-refractivity contribution in [1.29, 1.82) is 0 Å². The van der Waals surface area contributed by atoms with E-state index in [4.69, 9.17) is 15.0 Å². The van der Waals surface area contributed by atoms with Crippen molar-refractivity contribution in [3.8, 4) is 0 Å². The van der Waals surface area contributed by atoms with Gasteiger partial charge in [0.1, 0.15) is 0 Å². The molecule has 1 aliphatic heterocycles. The van der Waals surface area contributed by atoms with Crippen molar-refractivity contribution in [1.82, 2.24) is 4.90 Å². The molecule has 37 heavy (non-hydrogen) atoms. The van der Waals surface area contributed by atoms with E-state index in [2.05, 4.69) is 0 Å². The van der Waals surface area contributed by atoms with Gasteiger partial charge in [-0.15, -0.1) is 0 Å². The molecule has 4 rings (SSSR count). The highest BCUT2D eigenvalue weighted by atomic mass is 16.7. The topological polar surface area (TPSA) is 81.9 Å². The summed E-state index contributed by atoms with van der Waals surface area (Å²) in [5, 5.41) is 0. The van der Waals surface area contributed by atoms with Crippen molar-refractivity contribution < 1.29 is 18.9 Å². The van der Waals surface area contributed by atoms with E-state index in [9.17, 15) is 9.59 Å². The van der Waals surface area contributed by atoms with Crippen LogP contribution in [0.5, 0.6) is 0 Å². The number of carbonyl (C=O) groups is 2. The lowest BCUT2D eigenvalue weighted by molar-refractivity contribution is 0.00578. The summed E-state index contributed by atoms with van der Waals surface area (Å²) in [7, 11) is -0.734. The molecule has 192 valence electrons. The number of rotatable bonds is 7. The van der Waals surface area contributed by atoms with E-state index in [1.165, 1.54) is 0 Å². The van der Waals surface area contributed by atoms with Crippen molar-refractivity contribution in [2.45, 2.75) is 64.8 Å². The highest BCUT2D eigenvalue weighted by Gasteiger charge is 2.52. The first-order valence-electron chi connectivity index (χ1n) is 12.6. The van der Waals surface area contributed by atoms with E-state index in [0.29, 0.717) is 11.0 Å². The third-order valence-corrected chi connectivity index (χ3v) is 7.65. The molecule has 2 N–H and O–H groups in total. The second-order valence-electron chi connectivity index (χ2n) is 10.7. The van der Waals surface area contributed by atoms with Gasteiger partial charge in [0.25, 0.3) is 5.91 Å². The highest BCUT2D eigenvalue weighted by molar-refractivity contribution is 6.62. The van der Waals surface area contributed by atoms with Gasteiger partial charge in [-0.05, 0) is 76.3 Å². The van der Waals surface area contributed by atoms with Crippen LogP contribution in [0.2, 0.25) is 0 Å². The second-order valence-corrected chi connectivity index (χ2v) is 10.7. The van der Waals surface area contributed by atoms with Crippen LogP contribution < -0.4 is 11.2 Å². The summed E-state index contributed by atoms with van der Waals surface area (Å²) in [5.74, 6) is -0.834. The Morgan fingerprint density at radius 1 is 0.757 bits per heavy atom. The molecule has 3 aromatic rings. The van der Waals surface area contributed by atoms with Gasteiger partial charge < -0.3 is 19.9 Å². The predicted octanol–water partition coefficient (Wildman–Crippen LogP) is 5.05. The zero-order chi connectivity index (χ0) is 27.0. The summed E-state index contributed by atoms with van der Waals surface area (Å²) >= 11 is 0. The van der Waals surface area contributed by atoms with Crippen LogP contribution in [0.4, 0.5) is 0 Å². The maximum Gasteiger partial charge on any atom is 0.494 e. The SMILES string of the molecule is C[C@H](c1ccccc1)N(C(=O)c1cc(B2OC(C)(C)C(C)(C)O2)cc(C(N)=O)c1)[C@H](C)c1ccccc1. The molecule has 1 saturated heterocycles. The summed E-state index contributed by atoms with van der Waals surface area (Å²) in [6, 6.07) is 24.3. The third kappa shape index (κ3) is 5.34. The van der Waals surface area contributed by atoms with E-state index in [-0.39, 0.29) is 23.6 Å². The Balaban J connectivity index is 1.79. The summed E-state index contributed by atoms with van der Waals surface area (Å²) in [6.07, 6.45) is 0. The number of amides is 2. The molecule has 0 unspecified atom stereocenters. The van der Waals surface area contributed by atoms with Crippen LogP contribution in [-0.4, -0.2) is 35.0 Å². The molecule has 0 bridgehead atoms. The summed E-state index contributed by atoms with van der Waals surface area (Å²) in [4.78, 5) is 28.4. The van der Waals surface area contributed by atoms with Crippen LogP contribution in [0.1, 0.15) is 85.5 Å². The number of nitrogens with zero attached hydrogens (tertiary/aromatic N) is 1. The van der Waals surface area contributed by atoms with Crippen molar-refractivity contribution in [2.24, 2.45) is 5.73 Å². The molecule has 7 heteroatoms. The fourth-order valence-electron chi connectivity index (χ4n) is 4.65. The van der Waals surface area contributed by atoms with E-state index in [1.807, 2.05) is 107 Å². The van der Waals surface area contributed by atoms with Gasteiger partial charge in [-0.2, -0.15) is 0 Å². The van der Waals surface area contributed by atoms with Crippen LogP contribution in [0.3, 0.4) is 0 Å². The summed E-state index contributed by atoms with van der Waals surface area (Å²) in [6.45, 7) is 11.9. The van der Waals surface area contributed by atoms with Gasteiger partial charge in [-0.3, -0.25) is 9.59 Å². The fraction of sp³-hybridized carbons (Fsp3) is 0.333. The van der Waals surface area contributed by atoms with E-state index in [0.717, 1.165) is 11.1 Å². The number of primary amides is 1. The standard InChI is InChI=1S/C30H35BN2O4/c1-20(22-13-9-7-10-14-22)33(21(2)23-15-11-8-12-16-23)28(35)25-17-24(27(32)34)18-26(19-25)31-36-29(3,4)30(5,6)37-31/h7-21H,1-6H3,(H2,32,34)/t20-,21-/m1/s1. The smallest absolute Gasteiger partial charge is 0.399 e. The zero-order valence-corrected chi connectivity index (χ0v) is 22.4. The number of nitrogens with two attached hydrogens (primary N) is 1. The van der Waals surface area contributed by atoms with E-state index >= 15 is 0 Å². The van der Waals surface area contributed by atoms with E-state index < -0.39 is 24.2 Å². The fourth-order valence-corrected chi connectivity index (χ4v) is 4.65. The average Bonchev–Trinajstić information content (AvgIpc) is 3.11. The number of hydrogen-bond donors (Lipinski definition) is 1.